The molecule has 0 radical (unpaired) electrons. The Morgan fingerprint density at radius 2 is 2.03 bits per heavy atom. The number of carbonyl (C=O) groups excluding carboxylic acids is 1. The van der Waals surface area contributed by atoms with Gasteiger partial charge in [-0.05, 0) is 54.6 Å². The molecule has 0 atom stereocenters. The molecular formula is C23H20FN3O2S2. The number of aromatic nitrogens is 2. The number of hydrogen-bond acceptors (Lipinski definition) is 5. The molecule has 8 heteroatoms. The standard InChI is InChI=1S/C23H20FN3O2S2/c1-15-8-9-16(13-19(15)24)25-21(28)14-31-23-26-20-7-3-2-6-18(20)22(29)27(23)11-10-17-5-4-12-30-17/h2-9,12-13H,10-11,14H2,1H3,(H,25,28). The summed E-state index contributed by atoms with van der Waals surface area (Å²) in [5, 5.41) is 5.74. The number of amides is 1. The summed E-state index contributed by atoms with van der Waals surface area (Å²) in [5.41, 5.74) is 1.40. The zero-order valence-electron chi connectivity index (χ0n) is 16.8. The number of thioether (sulfide) groups is 1. The van der Waals surface area contributed by atoms with Crippen LogP contribution in [0.5, 0.6) is 0 Å². The molecule has 31 heavy (non-hydrogen) atoms. The first kappa shape index (κ1) is 21.3. The van der Waals surface area contributed by atoms with Gasteiger partial charge in [-0.1, -0.05) is 36.0 Å². The maximum atomic E-state index is 13.7. The predicted molar refractivity (Wildman–Crippen MR) is 125 cm³/mol. The van der Waals surface area contributed by atoms with Gasteiger partial charge in [-0.25, -0.2) is 9.37 Å². The SMILES string of the molecule is Cc1ccc(NC(=O)CSc2nc3ccccc3c(=O)n2CCc2cccs2)cc1F. The van der Waals surface area contributed by atoms with Crippen LogP contribution in [-0.4, -0.2) is 21.2 Å². The Morgan fingerprint density at radius 1 is 1.19 bits per heavy atom. The van der Waals surface area contributed by atoms with Crippen LogP contribution in [-0.2, 0) is 17.8 Å². The van der Waals surface area contributed by atoms with Crippen molar-refractivity contribution in [2.45, 2.75) is 25.0 Å². The lowest BCUT2D eigenvalue weighted by atomic mass is 10.2. The number of rotatable bonds is 7. The van der Waals surface area contributed by atoms with E-state index in [2.05, 4.69) is 10.3 Å². The lowest BCUT2D eigenvalue weighted by Crippen LogP contribution is -2.25. The summed E-state index contributed by atoms with van der Waals surface area (Å²) in [6.45, 7) is 2.14. The number of halogens is 1. The van der Waals surface area contributed by atoms with Crippen molar-refractivity contribution >= 4 is 45.6 Å². The van der Waals surface area contributed by atoms with Crippen LogP contribution in [0.2, 0.25) is 0 Å². The average Bonchev–Trinajstić information content (AvgIpc) is 3.28. The third-order valence-corrected chi connectivity index (χ3v) is 6.69. The van der Waals surface area contributed by atoms with Crippen molar-refractivity contribution in [1.82, 2.24) is 9.55 Å². The maximum absolute atomic E-state index is 13.7. The molecule has 0 fully saturated rings. The van der Waals surface area contributed by atoms with Gasteiger partial charge < -0.3 is 5.32 Å². The van der Waals surface area contributed by atoms with Crippen LogP contribution in [0, 0.1) is 12.7 Å². The van der Waals surface area contributed by atoms with E-state index in [1.165, 1.54) is 22.7 Å². The second-order valence-corrected chi connectivity index (χ2v) is 8.97. The summed E-state index contributed by atoms with van der Waals surface area (Å²) < 4.78 is 15.4. The van der Waals surface area contributed by atoms with E-state index in [-0.39, 0.29) is 23.0 Å². The molecule has 0 unspecified atom stereocenters. The number of nitrogens with zero attached hydrogens (tertiary/aromatic N) is 2. The first-order chi connectivity index (χ1) is 15.0. The van der Waals surface area contributed by atoms with Crippen molar-refractivity contribution in [3.63, 3.8) is 0 Å². The van der Waals surface area contributed by atoms with Gasteiger partial charge in [-0.3, -0.25) is 14.2 Å². The third kappa shape index (κ3) is 5.03. The molecule has 0 aliphatic carbocycles. The van der Waals surface area contributed by atoms with E-state index in [9.17, 15) is 14.0 Å². The minimum atomic E-state index is -0.371. The fraction of sp³-hybridized carbons (Fsp3) is 0.174. The van der Waals surface area contributed by atoms with Gasteiger partial charge >= 0.3 is 0 Å². The third-order valence-electron chi connectivity index (χ3n) is 4.78. The van der Waals surface area contributed by atoms with Crippen LogP contribution >= 0.6 is 23.1 Å². The predicted octanol–water partition coefficient (Wildman–Crippen LogP) is 4.88. The number of aryl methyl sites for hydroxylation is 2. The number of hydrogen-bond donors (Lipinski definition) is 1. The number of thiophene rings is 1. The summed E-state index contributed by atoms with van der Waals surface area (Å²) in [6.07, 6.45) is 0.708. The van der Waals surface area contributed by atoms with E-state index < -0.39 is 0 Å². The Hall–Kier alpha value is -2.97. The summed E-state index contributed by atoms with van der Waals surface area (Å²) in [7, 11) is 0. The number of anilines is 1. The van der Waals surface area contributed by atoms with Crippen molar-refractivity contribution in [3.8, 4) is 0 Å². The first-order valence-electron chi connectivity index (χ1n) is 9.72. The lowest BCUT2D eigenvalue weighted by Gasteiger charge is -2.13. The van der Waals surface area contributed by atoms with Crippen molar-refractivity contribution in [3.05, 3.63) is 86.6 Å². The minimum Gasteiger partial charge on any atom is -0.325 e. The van der Waals surface area contributed by atoms with E-state index in [1.54, 1.807) is 47.1 Å². The number of benzene rings is 2. The highest BCUT2D eigenvalue weighted by atomic mass is 32.2. The fourth-order valence-electron chi connectivity index (χ4n) is 3.13. The first-order valence-corrected chi connectivity index (χ1v) is 11.6. The van der Waals surface area contributed by atoms with Crippen molar-refractivity contribution in [1.29, 1.82) is 0 Å². The molecule has 0 saturated heterocycles. The fourth-order valence-corrected chi connectivity index (χ4v) is 4.65. The molecule has 0 aliphatic heterocycles. The minimum absolute atomic E-state index is 0.0548. The van der Waals surface area contributed by atoms with Gasteiger partial charge in [0.05, 0.1) is 16.7 Å². The van der Waals surface area contributed by atoms with Gasteiger partial charge in [0, 0.05) is 17.1 Å². The van der Waals surface area contributed by atoms with Gasteiger partial charge in [-0.15, -0.1) is 11.3 Å². The molecular weight excluding hydrogens is 433 g/mol. The van der Waals surface area contributed by atoms with Gasteiger partial charge in [0.1, 0.15) is 5.82 Å². The molecule has 1 N–H and O–H groups in total. The Kier molecular flexibility index (Phi) is 6.48. The second-order valence-electron chi connectivity index (χ2n) is 7.00. The number of nitrogens with one attached hydrogen (secondary N) is 1. The largest absolute Gasteiger partial charge is 0.325 e. The van der Waals surface area contributed by atoms with Gasteiger partial charge in [0.2, 0.25) is 5.91 Å². The van der Waals surface area contributed by atoms with Crippen LogP contribution in [0.4, 0.5) is 10.1 Å². The van der Waals surface area contributed by atoms with Crippen LogP contribution in [0.25, 0.3) is 10.9 Å². The van der Waals surface area contributed by atoms with Crippen molar-refractivity contribution in [2.75, 3.05) is 11.1 Å². The topological polar surface area (TPSA) is 64.0 Å². The van der Waals surface area contributed by atoms with Gasteiger partial charge in [-0.2, -0.15) is 0 Å². The van der Waals surface area contributed by atoms with Crippen molar-refractivity contribution < 1.29 is 9.18 Å². The molecule has 0 aliphatic rings. The Morgan fingerprint density at radius 3 is 2.81 bits per heavy atom. The number of carbonyl (C=O) groups is 1. The van der Waals surface area contributed by atoms with Crippen LogP contribution < -0.4 is 10.9 Å². The molecule has 4 aromatic rings. The van der Waals surface area contributed by atoms with Crippen LogP contribution in [0.1, 0.15) is 10.4 Å². The molecule has 2 aromatic carbocycles. The number of fused-ring (bicyclic) bond motifs is 1. The second kappa shape index (κ2) is 9.45. The molecule has 2 heterocycles. The Balaban J connectivity index is 1.54. The molecule has 0 saturated carbocycles. The monoisotopic (exact) mass is 453 g/mol. The van der Waals surface area contributed by atoms with Crippen LogP contribution in [0.15, 0.2) is 69.9 Å². The summed E-state index contributed by atoms with van der Waals surface area (Å²) in [5.74, 6) is -0.608. The molecule has 0 spiro atoms. The van der Waals surface area contributed by atoms with E-state index in [4.69, 9.17) is 0 Å². The number of para-hydroxylation sites is 1. The van der Waals surface area contributed by atoms with E-state index in [0.717, 1.165) is 0 Å². The summed E-state index contributed by atoms with van der Waals surface area (Å²) >= 11 is 2.84. The van der Waals surface area contributed by atoms with E-state index in [1.807, 2.05) is 29.6 Å². The lowest BCUT2D eigenvalue weighted by molar-refractivity contribution is -0.113. The molecule has 4 rings (SSSR count). The smallest absolute Gasteiger partial charge is 0.262 e. The van der Waals surface area contributed by atoms with Crippen molar-refractivity contribution in [2.24, 2.45) is 0 Å². The van der Waals surface area contributed by atoms with Gasteiger partial charge in [0.25, 0.3) is 5.56 Å². The average molecular weight is 454 g/mol. The normalized spacial score (nSPS) is 11.0. The molecule has 0 bridgehead atoms. The Bertz CT molecular complexity index is 1290. The zero-order valence-corrected chi connectivity index (χ0v) is 18.4. The summed E-state index contributed by atoms with van der Waals surface area (Å²) in [4.78, 5) is 31.3. The molecule has 158 valence electrons. The zero-order chi connectivity index (χ0) is 21.8. The van der Waals surface area contributed by atoms with E-state index in [0.29, 0.717) is 40.3 Å². The highest BCUT2D eigenvalue weighted by molar-refractivity contribution is 7.99. The molecule has 1 amide bonds. The highest BCUT2D eigenvalue weighted by Crippen LogP contribution is 2.20. The molecule has 2 aromatic heterocycles. The Labute approximate surface area is 187 Å². The quantitative estimate of drug-likeness (QED) is 0.320. The highest BCUT2D eigenvalue weighted by Gasteiger charge is 2.14. The van der Waals surface area contributed by atoms with Gasteiger partial charge in [0.15, 0.2) is 5.16 Å². The summed E-state index contributed by atoms with van der Waals surface area (Å²) in [6, 6.07) is 15.8. The molecule has 5 nitrogen and oxygen atoms in total. The maximum Gasteiger partial charge on any atom is 0.262 e. The van der Waals surface area contributed by atoms with E-state index >= 15 is 0 Å². The van der Waals surface area contributed by atoms with Crippen LogP contribution in [0.3, 0.4) is 0 Å².